The zero-order chi connectivity index (χ0) is 16.8. The minimum atomic E-state index is -0.140. The molecule has 5 rings (SSSR count). The van der Waals surface area contributed by atoms with Gasteiger partial charge in [0.15, 0.2) is 0 Å². The Kier molecular flexibility index (Phi) is 4.20. The molecule has 3 aliphatic carbocycles. The van der Waals surface area contributed by atoms with Crippen LogP contribution in [0, 0.1) is 16.7 Å². The Bertz CT molecular complexity index is 499. The number of nitrogens with one attached hydrogen (secondary N) is 1. The standard InChI is InChI=1S/C19H31N3O2/c1-15(23)18-12-19(13-18,14-18)17(24)22-8-3-16(4-9-22)2-7-21-10-5-20-6-11-21/h16,20H,2-14H2,1H3. The van der Waals surface area contributed by atoms with E-state index in [1.807, 2.05) is 0 Å². The second kappa shape index (κ2) is 6.10. The number of piperazine rings is 1. The number of likely N-dealkylation sites (tertiary alicyclic amines) is 1. The van der Waals surface area contributed by atoms with Crippen LogP contribution < -0.4 is 5.32 Å². The van der Waals surface area contributed by atoms with Crippen molar-refractivity contribution in [2.24, 2.45) is 16.7 Å². The van der Waals surface area contributed by atoms with Crippen LogP contribution in [0.2, 0.25) is 0 Å². The molecule has 2 aliphatic heterocycles. The van der Waals surface area contributed by atoms with Gasteiger partial charge in [0.1, 0.15) is 5.78 Å². The predicted octanol–water partition coefficient (Wildman–Crippen LogP) is 1.28. The fourth-order valence-electron chi connectivity index (χ4n) is 5.45. The van der Waals surface area contributed by atoms with Crippen LogP contribution in [0.25, 0.3) is 0 Å². The van der Waals surface area contributed by atoms with Gasteiger partial charge in [0.25, 0.3) is 0 Å². The summed E-state index contributed by atoms with van der Waals surface area (Å²) in [5.41, 5.74) is -0.239. The van der Waals surface area contributed by atoms with Crippen LogP contribution in [-0.2, 0) is 9.59 Å². The summed E-state index contributed by atoms with van der Waals surface area (Å²) in [6.45, 7) is 9.37. The molecular weight excluding hydrogens is 302 g/mol. The molecule has 5 aliphatic rings. The van der Waals surface area contributed by atoms with E-state index in [9.17, 15) is 9.59 Å². The summed E-state index contributed by atoms with van der Waals surface area (Å²) in [7, 11) is 0. The van der Waals surface area contributed by atoms with E-state index >= 15 is 0 Å². The van der Waals surface area contributed by atoms with Gasteiger partial charge in [0.05, 0.1) is 5.41 Å². The van der Waals surface area contributed by atoms with E-state index in [2.05, 4.69) is 15.1 Å². The lowest BCUT2D eigenvalue weighted by molar-refractivity contribution is -0.213. The van der Waals surface area contributed by atoms with Crippen LogP contribution in [0.5, 0.6) is 0 Å². The van der Waals surface area contributed by atoms with Crippen LogP contribution in [0.15, 0.2) is 0 Å². The summed E-state index contributed by atoms with van der Waals surface area (Å²) < 4.78 is 0. The second-order valence-electron chi connectivity index (χ2n) is 8.76. The Morgan fingerprint density at radius 2 is 1.62 bits per heavy atom. The number of piperidine rings is 1. The number of nitrogens with zero attached hydrogens (tertiary/aromatic N) is 2. The van der Waals surface area contributed by atoms with E-state index in [4.69, 9.17) is 0 Å². The monoisotopic (exact) mass is 333 g/mol. The molecule has 0 aromatic carbocycles. The highest BCUT2D eigenvalue weighted by Gasteiger charge is 2.74. The van der Waals surface area contributed by atoms with Crippen molar-refractivity contribution in [3.8, 4) is 0 Å². The van der Waals surface area contributed by atoms with Gasteiger partial charge in [-0.15, -0.1) is 0 Å². The second-order valence-corrected chi connectivity index (χ2v) is 8.76. The molecule has 0 aromatic heterocycles. The van der Waals surface area contributed by atoms with Gasteiger partial charge >= 0.3 is 0 Å². The van der Waals surface area contributed by atoms with Crippen molar-refractivity contribution in [2.75, 3.05) is 45.8 Å². The van der Waals surface area contributed by atoms with E-state index < -0.39 is 0 Å². The van der Waals surface area contributed by atoms with Gasteiger partial charge in [0, 0.05) is 44.7 Å². The van der Waals surface area contributed by atoms with Gasteiger partial charge < -0.3 is 15.1 Å². The van der Waals surface area contributed by atoms with E-state index in [-0.39, 0.29) is 10.8 Å². The number of Topliss-reactive ketones (excluding diaryl/α,β-unsaturated/α-hetero) is 1. The SMILES string of the molecule is CC(=O)C12CC(C(=O)N3CCC(CCN4CCNCC4)CC3)(C1)C2. The Morgan fingerprint density at radius 1 is 1.00 bits per heavy atom. The van der Waals surface area contributed by atoms with Gasteiger partial charge in [-0.3, -0.25) is 9.59 Å². The Labute approximate surface area is 145 Å². The van der Waals surface area contributed by atoms with Crippen molar-refractivity contribution in [1.82, 2.24) is 15.1 Å². The van der Waals surface area contributed by atoms with Crippen LogP contribution >= 0.6 is 0 Å². The summed E-state index contributed by atoms with van der Waals surface area (Å²) >= 11 is 0. The van der Waals surface area contributed by atoms with Crippen molar-refractivity contribution in [1.29, 1.82) is 0 Å². The van der Waals surface area contributed by atoms with Gasteiger partial charge in [-0.25, -0.2) is 0 Å². The molecule has 24 heavy (non-hydrogen) atoms. The number of hydrogen-bond acceptors (Lipinski definition) is 4. The fraction of sp³-hybridized carbons (Fsp3) is 0.895. The number of ketones is 1. The van der Waals surface area contributed by atoms with Crippen LogP contribution in [-0.4, -0.2) is 67.3 Å². The van der Waals surface area contributed by atoms with Gasteiger partial charge in [-0.1, -0.05) is 0 Å². The number of carbonyl (C=O) groups excluding carboxylic acids is 2. The zero-order valence-electron chi connectivity index (χ0n) is 15.0. The molecule has 134 valence electrons. The van der Waals surface area contributed by atoms with E-state index in [1.54, 1.807) is 6.92 Å². The molecular formula is C19H31N3O2. The molecule has 1 amide bonds. The summed E-state index contributed by atoms with van der Waals surface area (Å²) in [6, 6.07) is 0. The topological polar surface area (TPSA) is 52.7 Å². The first-order valence-electron chi connectivity index (χ1n) is 9.77. The third-order valence-corrected chi connectivity index (χ3v) is 7.20. The highest BCUT2D eigenvalue weighted by Crippen LogP contribution is 2.74. The van der Waals surface area contributed by atoms with Gasteiger partial charge in [-0.2, -0.15) is 0 Å². The molecule has 0 radical (unpaired) electrons. The highest BCUT2D eigenvalue weighted by atomic mass is 16.2. The fourth-order valence-corrected chi connectivity index (χ4v) is 5.45. The lowest BCUT2D eigenvalue weighted by atomic mass is 9.33. The highest BCUT2D eigenvalue weighted by molar-refractivity contribution is 5.95. The van der Waals surface area contributed by atoms with Crippen molar-refractivity contribution in [2.45, 2.75) is 45.4 Å². The summed E-state index contributed by atoms with van der Waals surface area (Å²) in [4.78, 5) is 29.1. The minimum Gasteiger partial charge on any atom is -0.342 e. The molecule has 0 unspecified atom stereocenters. The largest absolute Gasteiger partial charge is 0.342 e. The smallest absolute Gasteiger partial charge is 0.228 e. The minimum absolute atomic E-state index is 0.0999. The normalized spacial score (nSPS) is 36.8. The quantitative estimate of drug-likeness (QED) is 0.823. The van der Waals surface area contributed by atoms with E-state index in [0.717, 1.165) is 64.2 Å². The maximum absolute atomic E-state index is 12.8. The van der Waals surface area contributed by atoms with E-state index in [1.165, 1.54) is 26.1 Å². The Hall–Kier alpha value is -0.940. The van der Waals surface area contributed by atoms with Gasteiger partial charge in [0.2, 0.25) is 5.91 Å². The van der Waals surface area contributed by atoms with Crippen LogP contribution in [0.4, 0.5) is 0 Å². The first-order chi connectivity index (χ1) is 11.5. The van der Waals surface area contributed by atoms with Crippen LogP contribution in [0.1, 0.15) is 45.4 Å². The zero-order valence-corrected chi connectivity index (χ0v) is 15.0. The summed E-state index contributed by atoms with van der Waals surface area (Å²) in [5.74, 6) is 1.43. The van der Waals surface area contributed by atoms with Crippen molar-refractivity contribution in [3.05, 3.63) is 0 Å². The maximum Gasteiger partial charge on any atom is 0.228 e. The maximum atomic E-state index is 12.8. The molecule has 0 atom stereocenters. The molecule has 5 nitrogen and oxygen atoms in total. The molecule has 2 saturated heterocycles. The van der Waals surface area contributed by atoms with Crippen molar-refractivity contribution < 1.29 is 9.59 Å². The molecule has 0 aromatic rings. The third-order valence-electron chi connectivity index (χ3n) is 7.20. The number of amides is 1. The van der Waals surface area contributed by atoms with Crippen molar-refractivity contribution >= 4 is 11.7 Å². The molecule has 5 heteroatoms. The first kappa shape index (κ1) is 16.5. The summed E-state index contributed by atoms with van der Waals surface area (Å²) in [6.07, 6.45) is 6.09. The molecule has 1 N–H and O–H groups in total. The average molecular weight is 333 g/mol. The molecule has 2 bridgehead atoms. The van der Waals surface area contributed by atoms with E-state index in [0.29, 0.717) is 11.7 Å². The summed E-state index contributed by atoms with van der Waals surface area (Å²) in [5, 5.41) is 3.40. The molecule has 2 heterocycles. The third kappa shape index (κ3) is 2.70. The number of carbonyl (C=O) groups is 2. The Morgan fingerprint density at radius 3 is 2.21 bits per heavy atom. The van der Waals surface area contributed by atoms with Gasteiger partial charge in [-0.05, 0) is 57.9 Å². The lowest BCUT2D eigenvalue weighted by Gasteiger charge is -2.68. The molecule has 3 saturated carbocycles. The number of rotatable bonds is 5. The average Bonchev–Trinajstić information content (AvgIpc) is 2.51. The van der Waals surface area contributed by atoms with Crippen LogP contribution in [0.3, 0.4) is 0 Å². The lowest BCUT2D eigenvalue weighted by Crippen LogP contribution is -2.70. The number of hydrogen-bond donors (Lipinski definition) is 1. The van der Waals surface area contributed by atoms with Crippen molar-refractivity contribution in [3.63, 3.8) is 0 Å². The Balaban J connectivity index is 1.20. The molecule has 5 fully saturated rings. The molecule has 0 spiro atoms. The predicted molar refractivity (Wildman–Crippen MR) is 92.6 cm³/mol. The first-order valence-corrected chi connectivity index (χ1v) is 9.77.